The number of carbonyl (C=O) groups excluding carboxylic acids is 1. The summed E-state index contributed by atoms with van der Waals surface area (Å²) < 4.78 is 0. The Morgan fingerprint density at radius 2 is 1.73 bits per heavy atom. The van der Waals surface area contributed by atoms with Crippen LogP contribution in [0, 0.1) is 12.8 Å². The first kappa shape index (κ1) is 21.3. The molecule has 0 aliphatic carbocycles. The zero-order valence-electron chi connectivity index (χ0n) is 15.5. The molecule has 3 fully saturated rings. The molecule has 1 aromatic carbocycles. The van der Waals surface area contributed by atoms with Gasteiger partial charge in [-0.05, 0) is 56.2 Å². The lowest BCUT2D eigenvalue weighted by Crippen LogP contribution is -2.49. The Bertz CT molecular complexity index is 592. The molecule has 3 aliphatic heterocycles. The minimum Gasteiger partial charge on any atom is -0.368 e. The fourth-order valence-electron chi connectivity index (χ4n) is 4.76. The predicted molar refractivity (Wildman–Crippen MR) is 112 cm³/mol. The van der Waals surface area contributed by atoms with Crippen LogP contribution in [0.3, 0.4) is 0 Å². The lowest BCUT2D eigenvalue weighted by Gasteiger charge is -2.37. The van der Waals surface area contributed by atoms with Crippen molar-refractivity contribution in [2.45, 2.75) is 51.1 Å². The number of nitrogens with one attached hydrogen (secondary N) is 1. The van der Waals surface area contributed by atoms with Crippen LogP contribution in [0.4, 0.5) is 5.69 Å². The number of amides is 1. The smallest absolute Gasteiger partial charge is 0.222 e. The highest BCUT2D eigenvalue weighted by Crippen LogP contribution is 2.33. The first-order valence-corrected chi connectivity index (χ1v) is 9.53. The molecule has 2 bridgehead atoms. The number of hydrogen-bond donors (Lipinski definition) is 1. The molecule has 4 nitrogen and oxygen atoms in total. The minimum atomic E-state index is 0. The summed E-state index contributed by atoms with van der Waals surface area (Å²) in [7, 11) is 0. The topological polar surface area (TPSA) is 35.6 Å². The summed E-state index contributed by atoms with van der Waals surface area (Å²) >= 11 is 0. The Balaban J connectivity index is 0.00000121. The molecule has 1 aromatic rings. The number of nitrogens with zero attached hydrogens (tertiary/aromatic N) is 2. The van der Waals surface area contributed by atoms with Gasteiger partial charge in [0.25, 0.3) is 0 Å². The average Bonchev–Trinajstić information content (AvgIpc) is 2.93. The minimum absolute atomic E-state index is 0. The second-order valence-electron chi connectivity index (χ2n) is 7.89. The highest BCUT2D eigenvalue weighted by molar-refractivity contribution is 5.85. The first-order valence-electron chi connectivity index (χ1n) is 9.53. The summed E-state index contributed by atoms with van der Waals surface area (Å²) in [5.74, 6) is 0.983. The molecule has 3 aliphatic rings. The van der Waals surface area contributed by atoms with Gasteiger partial charge in [-0.1, -0.05) is 12.1 Å². The molecular formula is C20H31Cl2N3O. The van der Waals surface area contributed by atoms with E-state index in [0.29, 0.717) is 23.9 Å². The summed E-state index contributed by atoms with van der Waals surface area (Å²) in [5, 5.41) is 3.67. The molecule has 4 rings (SSSR count). The Morgan fingerprint density at radius 3 is 2.35 bits per heavy atom. The maximum Gasteiger partial charge on any atom is 0.222 e. The van der Waals surface area contributed by atoms with Crippen molar-refractivity contribution in [2.24, 2.45) is 5.92 Å². The van der Waals surface area contributed by atoms with Gasteiger partial charge in [0, 0.05) is 50.4 Å². The number of benzene rings is 1. The SMILES string of the molecule is Cc1cccc(N2CCN(C(=O)CC3CC4CCC(C3)N4)CC2)c1.Cl.Cl. The molecule has 3 saturated heterocycles. The lowest BCUT2D eigenvalue weighted by atomic mass is 9.89. The lowest BCUT2D eigenvalue weighted by molar-refractivity contribution is -0.132. The van der Waals surface area contributed by atoms with Gasteiger partial charge < -0.3 is 15.1 Å². The second-order valence-corrected chi connectivity index (χ2v) is 7.89. The van der Waals surface area contributed by atoms with E-state index >= 15 is 0 Å². The Hall–Kier alpha value is -0.970. The van der Waals surface area contributed by atoms with Crippen molar-refractivity contribution < 1.29 is 4.79 Å². The number of anilines is 1. The zero-order chi connectivity index (χ0) is 16.5. The number of hydrogen-bond acceptors (Lipinski definition) is 3. The van der Waals surface area contributed by atoms with Crippen LogP contribution in [0.2, 0.25) is 0 Å². The van der Waals surface area contributed by atoms with E-state index in [1.54, 1.807) is 0 Å². The second kappa shape index (κ2) is 9.29. The van der Waals surface area contributed by atoms with Gasteiger partial charge in [0.2, 0.25) is 5.91 Å². The molecule has 0 radical (unpaired) electrons. The van der Waals surface area contributed by atoms with Crippen molar-refractivity contribution in [3.63, 3.8) is 0 Å². The van der Waals surface area contributed by atoms with Crippen molar-refractivity contribution in [2.75, 3.05) is 31.1 Å². The van der Waals surface area contributed by atoms with E-state index in [0.717, 1.165) is 32.6 Å². The average molecular weight is 400 g/mol. The van der Waals surface area contributed by atoms with Crippen molar-refractivity contribution >= 4 is 36.4 Å². The number of rotatable bonds is 3. The summed E-state index contributed by atoms with van der Waals surface area (Å²) in [6.45, 7) is 5.77. The van der Waals surface area contributed by atoms with Crippen molar-refractivity contribution in [3.05, 3.63) is 29.8 Å². The predicted octanol–water partition coefficient (Wildman–Crippen LogP) is 3.41. The molecule has 26 heavy (non-hydrogen) atoms. The summed E-state index contributed by atoms with van der Waals surface area (Å²) in [4.78, 5) is 17.2. The van der Waals surface area contributed by atoms with E-state index in [1.807, 2.05) is 0 Å². The first-order chi connectivity index (χ1) is 11.7. The molecule has 3 heterocycles. The zero-order valence-corrected chi connectivity index (χ0v) is 17.2. The van der Waals surface area contributed by atoms with Crippen molar-refractivity contribution in [1.29, 1.82) is 0 Å². The third kappa shape index (κ3) is 4.85. The highest BCUT2D eigenvalue weighted by Gasteiger charge is 2.35. The van der Waals surface area contributed by atoms with Gasteiger partial charge in [0.15, 0.2) is 0 Å². The molecule has 1 N–H and O–H groups in total. The molecule has 0 saturated carbocycles. The number of halogens is 2. The third-order valence-electron chi connectivity index (χ3n) is 6.03. The van der Waals surface area contributed by atoms with Crippen LogP contribution in [0.25, 0.3) is 0 Å². The van der Waals surface area contributed by atoms with Crippen LogP contribution in [0.15, 0.2) is 24.3 Å². The van der Waals surface area contributed by atoms with Gasteiger partial charge in [-0.15, -0.1) is 24.8 Å². The van der Waals surface area contributed by atoms with Crippen LogP contribution in [0.5, 0.6) is 0 Å². The third-order valence-corrected chi connectivity index (χ3v) is 6.03. The molecular weight excluding hydrogens is 369 g/mol. The van der Waals surface area contributed by atoms with Gasteiger partial charge in [-0.2, -0.15) is 0 Å². The van der Waals surface area contributed by atoms with E-state index in [9.17, 15) is 4.79 Å². The molecule has 2 atom stereocenters. The summed E-state index contributed by atoms with van der Waals surface area (Å²) in [6.07, 6.45) is 5.78. The van der Waals surface area contributed by atoms with Crippen molar-refractivity contribution in [3.8, 4) is 0 Å². The van der Waals surface area contributed by atoms with Gasteiger partial charge in [0.1, 0.15) is 0 Å². The van der Waals surface area contributed by atoms with E-state index in [2.05, 4.69) is 46.3 Å². The maximum atomic E-state index is 12.7. The van der Waals surface area contributed by atoms with Gasteiger partial charge >= 0.3 is 0 Å². The molecule has 0 spiro atoms. The van der Waals surface area contributed by atoms with Gasteiger partial charge in [0.05, 0.1) is 0 Å². The van der Waals surface area contributed by atoms with E-state index in [-0.39, 0.29) is 24.8 Å². The Kier molecular flexibility index (Phi) is 7.63. The standard InChI is InChI=1S/C20H29N3O.2ClH/c1-15-3-2-4-19(11-15)22-7-9-23(10-8-22)20(24)14-16-12-17-5-6-18(13-16)21-17;;/h2-4,11,16-18,21H,5-10,12-14H2,1H3;2*1H. The van der Waals surface area contributed by atoms with E-state index in [4.69, 9.17) is 0 Å². The summed E-state index contributed by atoms with van der Waals surface area (Å²) in [5.41, 5.74) is 2.59. The monoisotopic (exact) mass is 399 g/mol. The number of fused-ring (bicyclic) bond motifs is 2. The van der Waals surface area contributed by atoms with E-state index < -0.39 is 0 Å². The van der Waals surface area contributed by atoms with Crippen LogP contribution in [-0.4, -0.2) is 49.1 Å². The molecule has 1 amide bonds. The van der Waals surface area contributed by atoms with Crippen LogP contribution in [-0.2, 0) is 4.79 Å². The normalized spacial score (nSPS) is 27.5. The number of piperidine rings is 1. The quantitative estimate of drug-likeness (QED) is 0.845. The molecule has 0 aromatic heterocycles. The number of aryl methyl sites for hydroxylation is 1. The van der Waals surface area contributed by atoms with E-state index in [1.165, 1.54) is 36.9 Å². The fourth-order valence-corrected chi connectivity index (χ4v) is 4.76. The van der Waals surface area contributed by atoms with Crippen LogP contribution in [0.1, 0.15) is 37.7 Å². The maximum absolute atomic E-state index is 12.7. The molecule has 146 valence electrons. The van der Waals surface area contributed by atoms with Crippen molar-refractivity contribution in [1.82, 2.24) is 10.2 Å². The molecule has 2 unspecified atom stereocenters. The number of piperazine rings is 1. The Labute approximate surface area is 169 Å². The van der Waals surface area contributed by atoms with Gasteiger partial charge in [-0.3, -0.25) is 4.79 Å². The van der Waals surface area contributed by atoms with Crippen LogP contribution < -0.4 is 10.2 Å². The number of carbonyl (C=O) groups is 1. The van der Waals surface area contributed by atoms with Crippen LogP contribution >= 0.6 is 24.8 Å². The highest BCUT2D eigenvalue weighted by atomic mass is 35.5. The Morgan fingerprint density at radius 1 is 1.08 bits per heavy atom. The van der Waals surface area contributed by atoms with Gasteiger partial charge in [-0.25, -0.2) is 0 Å². The molecule has 6 heteroatoms. The fraction of sp³-hybridized carbons (Fsp3) is 0.650. The summed E-state index contributed by atoms with van der Waals surface area (Å²) in [6, 6.07) is 10.0. The largest absolute Gasteiger partial charge is 0.368 e.